The van der Waals surface area contributed by atoms with E-state index in [1.54, 1.807) is 4.68 Å². The average molecular weight is 436 g/mol. The summed E-state index contributed by atoms with van der Waals surface area (Å²) >= 11 is 0. The van der Waals surface area contributed by atoms with Crippen LogP contribution in [0.2, 0.25) is 0 Å². The highest BCUT2D eigenvalue weighted by atomic mass is 16.2. The Kier molecular flexibility index (Phi) is 4.11. The molecule has 1 fully saturated rings. The first-order valence-electron chi connectivity index (χ1n) is 11.7. The molecule has 1 aromatic carbocycles. The molecule has 2 aromatic heterocycles. The summed E-state index contributed by atoms with van der Waals surface area (Å²) in [5.41, 5.74) is 2.56. The lowest BCUT2D eigenvalue weighted by Crippen LogP contribution is -2.23. The summed E-state index contributed by atoms with van der Waals surface area (Å²) in [4.78, 5) is 31.2. The quantitative estimate of drug-likeness (QED) is 0.550. The van der Waals surface area contributed by atoms with Crippen molar-refractivity contribution in [3.05, 3.63) is 36.0 Å². The summed E-state index contributed by atoms with van der Waals surface area (Å²) < 4.78 is 23.9. The number of para-hydroxylation sites is 1. The zero-order valence-corrected chi connectivity index (χ0v) is 17.3. The zero-order valence-electron chi connectivity index (χ0n) is 20.3. The maximum Gasteiger partial charge on any atom is 0.254 e. The van der Waals surface area contributed by atoms with E-state index in [2.05, 4.69) is 31.1 Å². The van der Waals surface area contributed by atoms with Crippen molar-refractivity contribution in [3.8, 4) is 11.4 Å². The lowest BCUT2D eigenvalue weighted by Gasteiger charge is -2.23. The van der Waals surface area contributed by atoms with E-state index in [-0.39, 0.29) is 23.2 Å². The van der Waals surface area contributed by atoms with Gasteiger partial charge in [-0.25, -0.2) is 9.67 Å². The molecular weight excluding hydrogens is 410 g/mol. The van der Waals surface area contributed by atoms with Crippen LogP contribution in [0.5, 0.6) is 0 Å². The van der Waals surface area contributed by atoms with E-state index in [4.69, 9.17) is 4.11 Å². The Hall–Kier alpha value is -4.02. The first kappa shape index (κ1) is 16.6. The number of anilines is 4. The molecule has 164 valence electrons. The third-order valence-corrected chi connectivity index (χ3v) is 5.57. The van der Waals surface area contributed by atoms with Gasteiger partial charge in [-0.3, -0.25) is 9.59 Å². The number of fused-ring (bicyclic) bond motifs is 3. The smallest absolute Gasteiger partial charge is 0.254 e. The molecule has 11 nitrogen and oxygen atoms in total. The third-order valence-electron chi connectivity index (χ3n) is 5.57. The fraction of sp³-hybridized carbons (Fsp3) is 0.333. The molecule has 11 heteroatoms. The molecule has 1 aliphatic heterocycles. The fourth-order valence-electron chi connectivity index (χ4n) is 3.74. The van der Waals surface area contributed by atoms with E-state index in [1.165, 1.54) is 12.3 Å². The van der Waals surface area contributed by atoms with Gasteiger partial charge in [0.1, 0.15) is 5.82 Å². The number of nitrogens with one attached hydrogen (secondary N) is 3. The number of likely N-dealkylation sites (N-methyl/N-ethyl adjacent to an activating group) is 1. The van der Waals surface area contributed by atoms with E-state index in [0.717, 1.165) is 24.1 Å². The van der Waals surface area contributed by atoms with Crippen molar-refractivity contribution in [3.63, 3.8) is 0 Å². The molecule has 1 aliphatic carbocycles. The Morgan fingerprint density at radius 1 is 1.22 bits per heavy atom. The average Bonchev–Trinajstić information content (AvgIpc) is 3.56. The molecule has 0 spiro atoms. The molecule has 3 heterocycles. The number of rotatable bonds is 5. The Morgan fingerprint density at radius 2 is 2.09 bits per heavy atom. The monoisotopic (exact) mass is 436 g/mol. The van der Waals surface area contributed by atoms with Crippen LogP contribution in [0.15, 0.2) is 30.5 Å². The number of hydrogen-bond acceptors (Lipinski definition) is 8. The highest BCUT2D eigenvalue weighted by molar-refractivity contribution is 6.02. The Labute approximate surface area is 188 Å². The number of benzene rings is 1. The molecule has 0 saturated heterocycles. The minimum absolute atomic E-state index is 0.0178. The molecular formula is C21H23N9O2. The largest absolute Gasteiger partial charge is 0.370 e. The van der Waals surface area contributed by atoms with Crippen LogP contribution in [0.3, 0.4) is 0 Å². The summed E-state index contributed by atoms with van der Waals surface area (Å²) in [5, 5.41) is 20.0. The number of amides is 2. The van der Waals surface area contributed by atoms with Crippen molar-refractivity contribution in [2.45, 2.75) is 19.4 Å². The first-order valence-corrected chi connectivity index (χ1v) is 10.2. The molecule has 5 rings (SSSR count). The van der Waals surface area contributed by atoms with Gasteiger partial charge >= 0.3 is 0 Å². The minimum atomic E-state index is -2.67. The first-order chi connectivity index (χ1) is 16.7. The van der Waals surface area contributed by atoms with Gasteiger partial charge in [0.25, 0.3) is 5.91 Å². The summed E-state index contributed by atoms with van der Waals surface area (Å²) in [7, 11) is 1.93. The van der Waals surface area contributed by atoms with Crippen LogP contribution in [0.1, 0.15) is 27.3 Å². The van der Waals surface area contributed by atoms with E-state index >= 15 is 0 Å². The molecule has 3 N–H and O–H groups in total. The number of aromatic nitrogens is 5. The van der Waals surface area contributed by atoms with E-state index < -0.39 is 12.9 Å². The van der Waals surface area contributed by atoms with Crippen molar-refractivity contribution in [2.24, 2.45) is 5.92 Å². The van der Waals surface area contributed by atoms with Crippen LogP contribution in [0, 0.1) is 5.92 Å². The van der Waals surface area contributed by atoms with Crippen LogP contribution >= 0.6 is 0 Å². The molecule has 0 unspecified atom stereocenters. The lowest BCUT2D eigenvalue weighted by molar-refractivity contribution is -0.117. The van der Waals surface area contributed by atoms with E-state index in [1.807, 2.05) is 35.5 Å². The SMILES string of the molecule is [2H]C([2H])([2H])NC(=O)c1cnc(NC(=O)C2CC2)cc1Nc1cccc2c1N(C)CCn1nnnc1-2. The maximum atomic E-state index is 12.8. The highest BCUT2D eigenvalue weighted by Crippen LogP contribution is 2.39. The van der Waals surface area contributed by atoms with Gasteiger partial charge in [0.2, 0.25) is 5.91 Å². The van der Waals surface area contributed by atoms with Gasteiger partial charge < -0.3 is 20.9 Å². The zero-order chi connectivity index (χ0) is 24.7. The van der Waals surface area contributed by atoms with Gasteiger partial charge in [-0.2, -0.15) is 0 Å². The number of carbonyl (C=O) groups excluding carboxylic acids is 2. The van der Waals surface area contributed by atoms with Gasteiger partial charge in [-0.1, -0.05) is 6.07 Å². The van der Waals surface area contributed by atoms with Crippen LogP contribution in [-0.2, 0) is 11.3 Å². The fourth-order valence-corrected chi connectivity index (χ4v) is 3.74. The van der Waals surface area contributed by atoms with Gasteiger partial charge in [0, 0.05) is 48.4 Å². The molecule has 1 saturated carbocycles. The number of carbonyl (C=O) groups is 2. The van der Waals surface area contributed by atoms with Crippen molar-refractivity contribution in [1.82, 2.24) is 30.5 Å². The highest BCUT2D eigenvalue weighted by Gasteiger charge is 2.30. The van der Waals surface area contributed by atoms with Gasteiger partial charge in [0.05, 0.1) is 29.2 Å². The molecule has 2 aliphatic rings. The van der Waals surface area contributed by atoms with Crippen LogP contribution in [-0.4, -0.2) is 57.6 Å². The van der Waals surface area contributed by atoms with Crippen LogP contribution < -0.4 is 20.9 Å². The van der Waals surface area contributed by atoms with Crippen LogP contribution in [0.25, 0.3) is 11.4 Å². The maximum absolute atomic E-state index is 12.8. The standard InChI is InChI=1S/C21H23N9O2/c1-22-21(32)14-11-23-17(25-20(31)12-6-7-12)10-16(14)24-15-5-3-4-13-18(15)29(2)8-9-30-19(13)26-27-28-30/h3-5,10-12H,6-9H2,1-2H3,(H,22,32)(H2,23,24,25,31)/i1D3. The van der Waals surface area contributed by atoms with Gasteiger partial charge in [-0.15, -0.1) is 5.10 Å². The molecule has 0 bridgehead atoms. The van der Waals surface area contributed by atoms with Crippen molar-refractivity contribution < 1.29 is 13.7 Å². The third kappa shape index (κ3) is 3.61. The number of pyridine rings is 1. The number of tetrazole rings is 1. The number of hydrogen-bond donors (Lipinski definition) is 3. The minimum Gasteiger partial charge on any atom is -0.370 e. The summed E-state index contributed by atoms with van der Waals surface area (Å²) in [6, 6.07) is 7.09. The van der Waals surface area contributed by atoms with Gasteiger partial charge in [-0.05, 0) is 35.4 Å². The second-order valence-corrected chi connectivity index (χ2v) is 7.81. The molecule has 0 radical (unpaired) electrons. The molecule has 2 amide bonds. The Balaban J connectivity index is 1.55. The summed E-state index contributed by atoms with van der Waals surface area (Å²) in [6.45, 7) is -1.45. The second-order valence-electron chi connectivity index (χ2n) is 7.81. The Morgan fingerprint density at radius 3 is 2.91 bits per heavy atom. The topological polar surface area (TPSA) is 130 Å². The predicted molar refractivity (Wildman–Crippen MR) is 119 cm³/mol. The van der Waals surface area contributed by atoms with Crippen molar-refractivity contribution in [2.75, 3.05) is 36.1 Å². The van der Waals surface area contributed by atoms with E-state index in [9.17, 15) is 9.59 Å². The van der Waals surface area contributed by atoms with Crippen molar-refractivity contribution in [1.29, 1.82) is 0 Å². The van der Waals surface area contributed by atoms with Gasteiger partial charge in [0.15, 0.2) is 5.82 Å². The van der Waals surface area contributed by atoms with E-state index in [0.29, 0.717) is 30.3 Å². The normalized spacial score (nSPS) is 16.5. The second kappa shape index (κ2) is 7.91. The lowest BCUT2D eigenvalue weighted by atomic mass is 10.1. The Bertz CT molecular complexity index is 1300. The molecule has 3 aromatic rings. The summed E-state index contributed by atoms with van der Waals surface area (Å²) in [6.07, 6.45) is 2.91. The predicted octanol–water partition coefficient (Wildman–Crippen LogP) is 1.64. The molecule has 0 atom stereocenters. The van der Waals surface area contributed by atoms with Crippen molar-refractivity contribution >= 4 is 34.7 Å². The molecule has 32 heavy (non-hydrogen) atoms. The number of nitrogens with zero attached hydrogens (tertiary/aromatic N) is 6. The van der Waals surface area contributed by atoms with Crippen LogP contribution in [0.4, 0.5) is 22.9 Å². The summed E-state index contributed by atoms with van der Waals surface area (Å²) in [5.74, 6) is -0.117.